The number of amides is 3. The molecule has 1 atom stereocenters. The molecular weight excluding hydrogens is 330 g/mol. The van der Waals surface area contributed by atoms with E-state index >= 15 is 0 Å². The molecule has 2 N–H and O–H groups in total. The molecule has 1 heterocycles. The summed E-state index contributed by atoms with van der Waals surface area (Å²) in [6.07, 6.45) is -0.255. The van der Waals surface area contributed by atoms with Gasteiger partial charge in [0.25, 0.3) is 5.91 Å². The number of hydrogen-bond donors (Lipinski definition) is 2. The molecule has 2 aromatic rings. The van der Waals surface area contributed by atoms with Gasteiger partial charge in [-0.15, -0.1) is 0 Å². The minimum atomic E-state index is -0.297. The molecule has 0 bridgehead atoms. The van der Waals surface area contributed by atoms with E-state index < -0.39 is 0 Å². The molecule has 136 valence electrons. The molecule has 1 aliphatic heterocycles. The first-order valence-corrected chi connectivity index (χ1v) is 8.61. The number of rotatable bonds is 4. The van der Waals surface area contributed by atoms with Crippen LogP contribution in [0.5, 0.6) is 0 Å². The van der Waals surface area contributed by atoms with E-state index in [-0.39, 0.29) is 24.6 Å². The number of ether oxygens (including phenoxy) is 1. The summed E-state index contributed by atoms with van der Waals surface area (Å²) < 4.78 is 5.57. The Morgan fingerprint density at radius 2 is 1.85 bits per heavy atom. The SMILES string of the molecule is Cc1cc(C)cc(N2CC(CNC(=O)Nc3ccccc3)OCC2=O)c1. The van der Waals surface area contributed by atoms with Crippen LogP contribution in [0.15, 0.2) is 48.5 Å². The summed E-state index contributed by atoms with van der Waals surface area (Å²) >= 11 is 0. The molecule has 3 amide bonds. The lowest BCUT2D eigenvalue weighted by molar-refractivity contribution is -0.129. The lowest BCUT2D eigenvalue weighted by Gasteiger charge is -2.33. The van der Waals surface area contributed by atoms with Gasteiger partial charge in [0.05, 0.1) is 12.6 Å². The summed E-state index contributed by atoms with van der Waals surface area (Å²) in [5.41, 5.74) is 3.81. The van der Waals surface area contributed by atoms with E-state index in [0.29, 0.717) is 13.1 Å². The normalized spacial score (nSPS) is 17.1. The van der Waals surface area contributed by atoms with Crippen LogP contribution in [0.3, 0.4) is 0 Å². The van der Waals surface area contributed by atoms with Crippen molar-refractivity contribution in [3.63, 3.8) is 0 Å². The Hall–Kier alpha value is -2.86. The van der Waals surface area contributed by atoms with Crippen molar-refractivity contribution in [1.82, 2.24) is 5.32 Å². The fourth-order valence-corrected chi connectivity index (χ4v) is 3.01. The molecule has 0 spiro atoms. The summed E-state index contributed by atoms with van der Waals surface area (Å²) in [5.74, 6) is -0.0695. The van der Waals surface area contributed by atoms with Crippen LogP contribution in [0, 0.1) is 13.8 Å². The highest BCUT2D eigenvalue weighted by Gasteiger charge is 2.27. The molecule has 0 saturated carbocycles. The van der Waals surface area contributed by atoms with Gasteiger partial charge in [0, 0.05) is 17.9 Å². The topological polar surface area (TPSA) is 70.7 Å². The molecule has 3 rings (SSSR count). The molecule has 0 aromatic heterocycles. The molecule has 1 aliphatic rings. The quantitative estimate of drug-likeness (QED) is 0.888. The molecule has 0 aliphatic carbocycles. The maximum Gasteiger partial charge on any atom is 0.319 e. The Morgan fingerprint density at radius 3 is 2.54 bits per heavy atom. The summed E-state index contributed by atoms with van der Waals surface area (Å²) in [6, 6.07) is 15.0. The maximum atomic E-state index is 12.2. The Morgan fingerprint density at radius 1 is 1.15 bits per heavy atom. The molecule has 6 nitrogen and oxygen atoms in total. The average Bonchev–Trinajstić information content (AvgIpc) is 2.61. The Labute approximate surface area is 153 Å². The van der Waals surface area contributed by atoms with E-state index in [2.05, 4.69) is 16.7 Å². The Bertz CT molecular complexity index is 772. The standard InChI is InChI=1S/C20H23N3O3/c1-14-8-15(2)10-17(9-14)23-12-18(26-13-19(23)24)11-21-20(25)22-16-6-4-3-5-7-16/h3-10,18H,11-13H2,1-2H3,(H2,21,22,25). The number of carbonyl (C=O) groups is 2. The first kappa shape index (κ1) is 17.9. The Kier molecular flexibility index (Phi) is 5.53. The van der Waals surface area contributed by atoms with Crippen LogP contribution < -0.4 is 15.5 Å². The number of urea groups is 1. The van der Waals surface area contributed by atoms with Crippen molar-refractivity contribution in [2.24, 2.45) is 0 Å². The maximum absolute atomic E-state index is 12.2. The van der Waals surface area contributed by atoms with Gasteiger partial charge in [0.2, 0.25) is 0 Å². The van der Waals surface area contributed by atoms with E-state index in [9.17, 15) is 9.59 Å². The predicted octanol–water partition coefficient (Wildman–Crippen LogP) is 2.86. The molecule has 0 radical (unpaired) electrons. The number of nitrogens with zero attached hydrogens (tertiary/aromatic N) is 1. The van der Waals surface area contributed by atoms with Crippen LogP contribution >= 0.6 is 0 Å². The molecule has 1 unspecified atom stereocenters. The van der Waals surface area contributed by atoms with Crippen molar-refractivity contribution in [1.29, 1.82) is 0 Å². The average molecular weight is 353 g/mol. The second kappa shape index (κ2) is 8.01. The van der Waals surface area contributed by atoms with Gasteiger partial charge >= 0.3 is 6.03 Å². The summed E-state index contributed by atoms with van der Waals surface area (Å²) in [4.78, 5) is 26.0. The second-order valence-electron chi connectivity index (χ2n) is 6.48. The second-order valence-corrected chi connectivity index (χ2v) is 6.48. The smallest absolute Gasteiger partial charge is 0.319 e. The molecular formula is C20H23N3O3. The molecule has 6 heteroatoms. The zero-order chi connectivity index (χ0) is 18.5. The number of para-hydroxylation sites is 1. The lowest BCUT2D eigenvalue weighted by Crippen LogP contribution is -2.51. The van der Waals surface area contributed by atoms with Crippen LogP contribution in [-0.4, -0.2) is 37.7 Å². The zero-order valence-electron chi connectivity index (χ0n) is 15.0. The first-order chi connectivity index (χ1) is 12.5. The largest absolute Gasteiger partial charge is 0.365 e. The van der Waals surface area contributed by atoms with E-state index in [1.165, 1.54) is 0 Å². The van der Waals surface area contributed by atoms with Gasteiger partial charge in [-0.1, -0.05) is 24.3 Å². The molecule has 2 aromatic carbocycles. The van der Waals surface area contributed by atoms with Gasteiger partial charge in [0.15, 0.2) is 0 Å². The third kappa shape index (κ3) is 4.61. The van der Waals surface area contributed by atoms with Crippen LogP contribution in [-0.2, 0) is 9.53 Å². The minimum Gasteiger partial charge on any atom is -0.365 e. The molecule has 1 saturated heterocycles. The van der Waals surface area contributed by atoms with Gasteiger partial charge < -0.3 is 20.3 Å². The van der Waals surface area contributed by atoms with Gasteiger partial charge in [0.1, 0.15) is 6.61 Å². The van der Waals surface area contributed by atoms with Crippen molar-refractivity contribution in [2.45, 2.75) is 20.0 Å². The van der Waals surface area contributed by atoms with E-state index in [1.807, 2.05) is 56.3 Å². The van der Waals surface area contributed by atoms with Crippen LogP contribution in [0.25, 0.3) is 0 Å². The number of hydrogen-bond acceptors (Lipinski definition) is 3. The van der Waals surface area contributed by atoms with Gasteiger partial charge in [-0.25, -0.2) is 4.79 Å². The summed E-state index contributed by atoms with van der Waals surface area (Å²) in [5, 5.41) is 5.56. The number of carbonyl (C=O) groups excluding carboxylic acids is 2. The van der Waals surface area contributed by atoms with E-state index in [1.54, 1.807) is 4.90 Å². The number of aryl methyl sites for hydroxylation is 2. The number of nitrogens with one attached hydrogen (secondary N) is 2. The summed E-state index contributed by atoms with van der Waals surface area (Å²) in [6.45, 7) is 4.77. The van der Waals surface area contributed by atoms with Crippen molar-refractivity contribution >= 4 is 23.3 Å². The highest BCUT2D eigenvalue weighted by Crippen LogP contribution is 2.21. The molecule has 26 heavy (non-hydrogen) atoms. The minimum absolute atomic E-state index is 0.0135. The van der Waals surface area contributed by atoms with Crippen molar-refractivity contribution in [3.8, 4) is 0 Å². The Balaban J connectivity index is 1.58. The zero-order valence-corrected chi connectivity index (χ0v) is 15.0. The highest BCUT2D eigenvalue weighted by molar-refractivity contribution is 5.95. The van der Waals surface area contributed by atoms with Gasteiger partial charge in [-0.05, 0) is 49.2 Å². The predicted molar refractivity (Wildman–Crippen MR) is 101 cm³/mol. The van der Waals surface area contributed by atoms with Crippen molar-refractivity contribution < 1.29 is 14.3 Å². The first-order valence-electron chi connectivity index (χ1n) is 8.61. The van der Waals surface area contributed by atoms with Crippen LogP contribution in [0.1, 0.15) is 11.1 Å². The number of morpholine rings is 1. The van der Waals surface area contributed by atoms with Crippen molar-refractivity contribution in [3.05, 3.63) is 59.7 Å². The number of benzene rings is 2. The van der Waals surface area contributed by atoms with Gasteiger partial charge in [-0.3, -0.25) is 4.79 Å². The van der Waals surface area contributed by atoms with Gasteiger partial charge in [-0.2, -0.15) is 0 Å². The third-order valence-electron chi connectivity index (χ3n) is 4.17. The highest BCUT2D eigenvalue weighted by atomic mass is 16.5. The van der Waals surface area contributed by atoms with E-state index in [0.717, 1.165) is 22.5 Å². The third-order valence-corrected chi connectivity index (χ3v) is 4.17. The monoisotopic (exact) mass is 353 g/mol. The van der Waals surface area contributed by atoms with Crippen molar-refractivity contribution in [2.75, 3.05) is 29.9 Å². The van der Waals surface area contributed by atoms with E-state index in [4.69, 9.17) is 4.74 Å². The fraction of sp³-hybridized carbons (Fsp3) is 0.300. The molecule has 1 fully saturated rings. The lowest BCUT2D eigenvalue weighted by atomic mass is 10.1. The fourth-order valence-electron chi connectivity index (χ4n) is 3.01. The number of anilines is 2. The summed E-state index contributed by atoms with van der Waals surface area (Å²) in [7, 11) is 0. The van der Waals surface area contributed by atoms with Crippen LogP contribution in [0.2, 0.25) is 0 Å². The van der Waals surface area contributed by atoms with Crippen LogP contribution in [0.4, 0.5) is 16.2 Å².